The molecule has 1 heterocycles. The zero-order valence-electron chi connectivity index (χ0n) is 8.52. The van der Waals surface area contributed by atoms with E-state index in [2.05, 4.69) is 20.9 Å². The first-order valence-corrected chi connectivity index (χ1v) is 6.29. The van der Waals surface area contributed by atoms with E-state index in [1.54, 1.807) is 24.4 Å². The van der Waals surface area contributed by atoms with Gasteiger partial charge in [0.25, 0.3) is 0 Å². The summed E-state index contributed by atoms with van der Waals surface area (Å²) < 4.78 is 14.5. The van der Waals surface area contributed by atoms with Gasteiger partial charge in [0.2, 0.25) is 0 Å². The molecule has 0 bridgehead atoms. The Morgan fingerprint density at radius 3 is 2.71 bits per heavy atom. The van der Waals surface area contributed by atoms with E-state index < -0.39 is 5.82 Å². The third-order valence-electron chi connectivity index (χ3n) is 1.98. The van der Waals surface area contributed by atoms with E-state index in [1.165, 1.54) is 17.8 Å². The van der Waals surface area contributed by atoms with Gasteiger partial charge in [-0.3, -0.25) is 0 Å². The molecule has 0 spiro atoms. The fourth-order valence-corrected chi connectivity index (χ4v) is 2.18. The molecule has 17 heavy (non-hydrogen) atoms. The first kappa shape index (κ1) is 12.1. The van der Waals surface area contributed by atoms with Crippen molar-refractivity contribution in [1.82, 2.24) is 4.98 Å². The highest BCUT2D eigenvalue weighted by atomic mass is 79.9. The van der Waals surface area contributed by atoms with E-state index in [1.807, 2.05) is 12.1 Å². The van der Waals surface area contributed by atoms with E-state index in [-0.39, 0.29) is 0 Å². The van der Waals surface area contributed by atoms with Crippen LogP contribution in [0.15, 0.2) is 50.9 Å². The lowest BCUT2D eigenvalue weighted by Crippen LogP contribution is -1.85. The quantitative estimate of drug-likeness (QED) is 0.841. The lowest BCUT2D eigenvalue weighted by Gasteiger charge is -2.02. The highest BCUT2D eigenvalue weighted by Gasteiger charge is 2.06. The highest BCUT2D eigenvalue weighted by molar-refractivity contribution is 9.10. The average Bonchev–Trinajstić information content (AvgIpc) is 2.34. The van der Waals surface area contributed by atoms with Crippen LogP contribution in [-0.2, 0) is 0 Å². The van der Waals surface area contributed by atoms with Crippen LogP contribution in [0.2, 0.25) is 0 Å². The third-order valence-corrected chi connectivity index (χ3v) is 3.45. The van der Waals surface area contributed by atoms with Crippen LogP contribution in [0, 0.1) is 17.1 Å². The topological polar surface area (TPSA) is 36.7 Å². The van der Waals surface area contributed by atoms with Crippen LogP contribution in [0.4, 0.5) is 4.39 Å². The van der Waals surface area contributed by atoms with Crippen LogP contribution in [0.25, 0.3) is 0 Å². The number of nitriles is 1. The molecule has 0 amide bonds. The van der Waals surface area contributed by atoms with E-state index in [0.29, 0.717) is 15.5 Å². The summed E-state index contributed by atoms with van der Waals surface area (Å²) in [5.41, 5.74) is 0.315. The molecule has 5 heteroatoms. The number of nitrogens with zero attached hydrogens (tertiary/aromatic N) is 2. The summed E-state index contributed by atoms with van der Waals surface area (Å²) in [6.45, 7) is 0. The summed E-state index contributed by atoms with van der Waals surface area (Å²) in [5, 5.41) is 9.34. The van der Waals surface area contributed by atoms with Gasteiger partial charge in [0.1, 0.15) is 10.8 Å². The molecule has 2 aromatic rings. The smallest absolute Gasteiger partial charge is 0.138 e. The predicted molar refractivity (Wildman–Crippen MR) is 67.2 cm³/mol. The van der Waals surface area contributed by atoms with Crippen LogP contribution in [0.5, 0.6) is 0 Å². The maximum absolute atomic E-state index is 13.6. The minimum Gasteiger partial charge on any atom is -0.248 e. The standard InChI is InChI=1S/C12H6BrFN2S/c13-9-2-4-12(16-7-9)17-11-3-1-8(6-15)5-10(11)14/h1-5,7H. The van der Waals surface area contributed by atoms with Gasteiger partial charge >= 0.3 is 0 Å². The van der Waals surface area contributed by atoms with Gasteiger partial charge in [0.15, 0.2) is 0 Å². The molecule has 1 aromatic heterocycles. The molecule has 0 N–H and O–H groups in total. The molecule has 2 nitrogen and oxygen atoms in total. The molecule has 0 radical (unpaired) electrons. The first-order valence-electron chi connectivity index (χ1n) is 4.68. The number of benzene rings is 1. The predicted octanol–water partition coefficient (Wildman–Crippen LogP) is 4.01. The van der Waals surface area contributed by atoms with Gasteiger partial charge in [-0.15, -0.1) is 0 Å². The number of hydrogen-bond acceptors (Lipinski definition) is 3. The maximum atomic E-state index is 13.6. The van der Waals surface area contributed by atoms with E-state index in [9.17, 15) is 4.39 Å². The Kier molecular flexibility index (Phi) is 3.77. The van der Waals surface area contributed by atoms with E-state index in [0.717, 1.165) is 4.47 Å². The maximum Gasteiger partial charge on any atom is 0.138 e. The van der Waals surface area contributed by atoms with Gasteiger partial charge in [-0.1, -0.05) is 11.8 Å². The highest BCUT2D eigenvalue weighted by Crippen LogP contribution is 2.29. The fourth-order valence-electron chi connectivity index (χ4n) is 1.19. The SMILES string of the molecule is N#Cc1ccc(Sc2ccc(Br)cn2)c(F)c1. The van der Waals surface area contributed by atoms with Crippen molar-refractivity contribution in [3.63, 3.8) is 0 Å². The molecule has 0 aliphatic heterocycles. The number of hydrogen-bond donors (Lipinski definition) is 0. The molecule has 0 saturated heterocycles. The Labute approximate surface area is 111 Å². The summed E-state index contributed by atoms with van der Waals surface area (Å²) >= 11 is 4.51. The Morgan fingerprint density at radius 1 is 1.29 bits per heavy atom. The van der Waals surface area contributed by atoms with Crippen LogP contribution in [-0.4, -0.2) is 4.98 Å². The van der Waals surface area contributed by atoms with Crippen molar-refractivity contribution in [3.05, 3.63) is 52.4 Å². The van der Waals surface area contributed by atoms with Gasteiger partial charge in [-0.25, -0.2) is 9.37 Å². The normalized spacial score (nSPS) is 9.94. The number of halogens is 2. The van der Waals surface area contributed by atoms with Gasteiger partial charge in [0, 0.05) is 15.6 Å². The summed E-state index contributed by atoms with van der Waals surface area (Å²) in [7, 11) is 0. The lowest BCUT2D eigenvalue weighted by atomic mass is 10.2. The Hall–Kier alpha value is -1.38. The molecule has 0 atom stereocenters. The number of aromatic nitrogens is 1. The Morgan fingerprint density at radius 2 is 2.12 bits per heavy atom. The van der Waals surface area contributed by atoms with Gasteiger partial charge < -0.3 is 0 Å². The van der Waals surface area contributed by atoms with Crippen LogP contribution in [0.1, 0.15) is 5.56 Å². The minimum absolute atomic E-state index is 0.315. The summed E-state index contributed by atoms with van der Waals surface area (Å²) in [6.07, 6.45) is 1.66. The Balaban J connectivity index is 2.25. The second-order valence-corrected chi connectivity index (χ2v) is 5.15. The monoisotopic (exact) mass is 308 g/mol. The van der Waals surface area contributed by atoms with Gasteiger partial charge in [-0.2, -0.15) is 5.26 Å². The molecular formula is C12H6BrFN2S. The number of pyridine rings is 1. The fraction of sp³-hybridized carbons (Fsp3) is 0. The third kappa shape index (κ3) is 3.05. The number of rotatable bonds is 2. The largest absolute Gasteiger partial charge is 0.248 e. The van der Waals surface area contributed by atoms with E-state index in [4.69, 9.17) is 5.26 Å². The second-order valence-electron chi connectivity index (χ2n) is 3.17. The molecule has 0 aliphatic carbocycles. The van der Waals surface area contributed by atoms with E-state index >= 15 is 0 Å². The lowest BCUT2D eigenvalue weighted by molar-refractivity contribution is 0.601. The summed E-state index contributed by atoms with van der Waals surface area (Å²) in [6, 6.07) is 9.93. The first-order chi connectivity index (χ1) is 8.19. The molecular weight excluding hydrogens is 303 g/mol. The second kappa shape index (κ2) is 5.30. The molecule has 0 saturated carbocycles. The van der Waals surface area contributed by atoms with Crippen LogP contribution in [0.3, 0.4) is 0 Å². The summed E-state index contributed by atoms with van der Waals surface area (Å²) in [4.78, 5) is 4.60. The van der Waals surface area contributed by atoms with Crippen molar-refractivity contribution in [2.24, 2.45) is 0 Å². The average molecular weight is 309 g/mol. The van der Waals surface area contributed by atoms with Crippen LogP contribution < -0.4 is 0 Å². The zero-order chi connectivity index (χ0) is 12.3. The van der Waals surface area contributed by atoms with Gasteiger partial charge in [-0.05, 0) is 46.3 Å². The van der Waals surface area contributed by atoms with Gasteiger partial charge in [0.05, 0.1) is 11.6 Å². The van der Waals surface area contributed by atoms with Crippen molar-refractivity contribution in [2.75, 3.05) is 0 Å². The molecule has 0 aliphatic rings. The molecule has 0 unspecified atom stereocenters. The van der Waals surface area contributed by atoms with Crippen LogP contribution >= 0.6 is 27.7 Å². The van der Waals surface area contributed by atoms with Crippen molar-refractivity contribution < 1.29 is 4.39 Å². The summed E-state index contributed by atoms with van der Waals surface area (Å²) in [5.74, 6) is -0.404. The van der Waals surface area contributed by atoms with Crippen molar-refractivity contribution in [3.8, 4) is 6.07 Å². The zero-order valence-corrected chi connectivity index (χ0v) is 10.9. The minimum atomic E-state index is -0.404. The molecule has 2 rings (SSSR count). The van der Waals surface area contributed by atoms with Crippen molar-refractivity contribution in [1.29, 1.82) is 5.26 Å². The van der Waals surface area contributed by atoms with Crippen molar-refractivity contribution in [2.45, 2.75) is 9.92 Å². The molecule has 1 aromatic carbocycles. The molecule has 84 valence electrons. The van der Waals surface area contributed by atoms with Crippen molar-refractivity contribution >= 4 is 27.7 Å². The Bertz CT molecular complexity index is 578. The molecule has 0 fully saturated rings.